The molecule has 5 nitrogen and oxygen atoms in total. The van der Waals surface area contributed by atoms with Gasteiger partial charge in [0.2, 0.25) is 5.95 Å². The van der Waals surface area contributed by atoms with E-state index in [4.69, 9.17) is 0 Å². The molecule has 0 aliphatic heterocycles. The van der Waals surface area contributed by atoms with Crippen molar-refractivity contribution in [1.29, 1.82) is 0 Å². The summed E-state index contributed by atoms with van der Waals surface area (Å²) in [5, 5.41) is 7.85. The largest absolute Gasteiger partial charge is 0.353 e. The van der Waals surface area contributed by atoms with Gasteiger partial charge in [-0.25, -0.2) is 4.98 Å². The first kappa shape index (κ1) is 13.2. The normalized spacial score (nSPS) is 16.5. The molecule has 0 spiro atoms. The van der Waals surface area contributed by atoms with E-state index in [2.05, 4.69) is 32.2 Å². The van der Waals surface area contributed by atoms with Crippen LogP contribution in [-0.4, -0.2) is 25.4 Å². The summed E-state index contributed by atoms with van der Waals surface area (Å²) >= 11 is 0. The number of hydrogen-bond donors (Lipinski definition) is 1. The quantitative estimate of drug-likeness (QED) is 0.931. The van der Waals surface area contributed by atoms with Gasteiger partial charge in [-0.3, -0.25) is 4.68 Å². The topological polar surface area (TPSA) is 47.7 Å². The molecule has 3 rings (SSSR count). The van der Waals surface area contributed by atoms with E-state index in [0.717, 1.165) is 18.2 Å². The zero-order valence-electron chi connectivity index (χ0n) is 12.3. The van der Waals surface area contributed by atoms with Gasteiger partial charge in [0.05, 0.1) is 17.9 Å². The van der Waals surface area contributed by atoms with E-state index in [1.165, 1.54) is 37.8 Å². The van der Waals surface area contributed by atoms with E-state index in [-0.39, 0.29) is 0 Å². The van der Waals surface area contributed by atoms with Crippen LogP contribution in [0.15, 0.2) is 18.5 Å². The number of aryl methyl sites for hydroxylation is 2. The molecular formula is C15H23N5. The van der Waals surface area contributed by atoms with Crippen molar-refractivity contribution in [2.45, 2.75) is 51.6 Å². The highest BCUT2D eigenvalue weighted by Gasteiger charge is 2.16. The molecule has 2 heterocycles. The van der Waals surface area contributed by atoms with Crippen LogP contribution in [0.1, 0.15) is 43.5 Å². The summed E-state index contributed by atoms with van der Waals surface area (Å²) in [6, 6.07) is 2.63. The zero-order valence-corrected chi connectivity index (χ0v) is 12.3. The third-order valence-electron chi connectivity index (χ3n) is 4.09. The Labute approximate surface area is 120 Å². The van der Waals surface area contributed by atoms with Crippen molar-refractivity contribution in [1.82, 2.24) is 19.3 Å². The van der Waals surface area contributed by atoms with Gasteiger partial charge < -0.3 is 9.88 Å². The molecule has 1 aliphatic rings. The summed E-state index contributed by atoms with van der Waals surface area (Å²) in [5.41, 5.74) is 2.25. The predicted octanol–water partition coefficient (Wildman–Crippen LogP) is 2.72. The minimum absolute atomic E-state index is 0.579. The molecule has 1 saturated carbocycles. The smallest absolute Gasteiger partial charge is 0.203 e. The lowest BCUT2D eigenvalue weighted by atomic mass is 9.96. The van der Waals surface area contributed by atoms with Gasteiger partial charge in [0.25, 0.3) is 0 Å². The van der Waals surface area contributed by atoms with E-state index in [1.807, 2.05) is 24.9 Å². The van der Waals surface area contributed by atoms with Gasteiger partial charge in [0.1, 0.15) is 0 Å². The Balaban J connectivity index is 1.75. The Morgan fingerprint density at radius 1 is 1.30 bits per heavy atom. The maximum Gasteiger partial charge on any atom is 0.203 e. The van der Waals surface area contributed by atoms with Gasteiger partial charge in [-0.1, -0.05) is 19.3 Å². The molecule has 2 aromatic heterocycles. The highest BCUT2D eigenvalue weighted by Crippen LogP contribution is 2.22. The van der Waals surface area contributed by atoms with E-state index in [1.54, 1.807) is 0 Å². The van der Waals surface area contributed by atoms with E-state index in [9.17, 15) is 0 Å². The number of rotatable bonds is 4. The van der Waals surface area contributed by atoms with Crippen molar-refractivity contribution in [2.75, 3.05) is 5.32 Å². The number of aromatic nitrogens is 4. The molecule has 0 radical (unpaired) electrons. The molecule has 0 saturated heterocycles. The van der Waals surface area contributed by atoms with Gasteiger partial charge in [-0.2, -0.15) is 5.10 Å². The second-order valence-electron chi connectivity index (χ2n) is 5.76. The molecule has 0 amide bonds. The Morgan fingerprint density at radius 3 is 2.80 bits per heavy atom. The minimum Gasteiger partial charge on any atom is -0.353 e. The Bertz CT molecular complexity index is 563. The molecule has 108 valence electrons. The summed E-state index contributed by atoms with van der Waals surface area (Å²) in [6.45, 7) is 2.86. The first-order valence-electron chi connectivity index (χ1n) is 7.49. The zero-order chi connectivity index (χ0) is 13.9. The van der Waals surface area contributed by atoms with Crippen molar-refractivity contribution < 1.29 is 0 Å². The SMILES string of the molecule is Cc1cn(Cc2ccnn2C)c(NC2CCCCC2)n1. The molecule has 0 atom stereocenters. The fourth-order valence-corrected chi connectivity index (χ4v) is 2.94. The average molecular weight is 273 g/mol. The molecule has 2 aromatic rings. The molecule has 1 aliphatic carbocycles. The van der Waals surface area contributed by atoms with Crippen LogP contribution in [-0.2, 0) is 13.6 Å². The summed E-state index contributed by atoms with van der Waals surface area (Å²) in [7, 11) is 1.98. The third-order valence-corrected chi connectivity index (χ3v) is 4.09. The summed E-state index contributed by atoms with van der Waals surface area (Å²) in [6.07, 6.45) is 10.5. The lowest BCUT2D eigenvalue weighted by Gasteiger charge is -2.23. The maximum atomic E-state index is 4.64. The molecule has 1 N–H and O–H groups in total. The first-order chi connectivity index (χ1) is 9.72. The van der Waals surface area contributed by atoms with Crippen LogP contribution in [0.5, 0.6) is 0 Å². The second kappa shape index (κ2) is 5.69. The van der Waals surface area contributed by atoms with Gasteiger partial charge >= 0.3 is 0 Å². The highest BCUT2D eigenvalue weighted by atomic mass is 15.3. The van der Waals surface area contributed by atoms with Crippen LogP contribution >= 0.6 is 0 Å². The van der Waals surface area contributed by atoms with Crippen molar-refractivity contribution in [3.05, 3.63) is 29.8 Å². The summed E-state index contributed by atoms with van der Waals surface area (Å²) in [5.74, 6) is 0.996. The molecule has 5 heteroatoms. The average Bonchev–Trinajstić information content (AvgIpc) is 2.98. The molecular weight excluding hydrogens is 250 g/mol. The van der Waals surface area contributed by atoms with Crippen LogP contribution in [0.3, 0.4) is 0 Å². The van der Waals surface area contributed by atoms with E-state index >= 15 is 0 Å². The summed E-state index contributed by atoms with van der Waals surface area (Å²) in [4.78, 5) is 4.64. The van der Waals surface area contributed by atoms with Crippen molar-refractivity contribution in [2.24, 2.45) is 7.05 Å². The van der Waals surface area contributed by atoms with Crippen molar-refractivity contribution >= 4 is 5.95 Å². The molecule has 0 unspecified atom stereocenters. The Morgan fingerprint density at radius 2 is 2.10 bits per heavy atom. The molecule has 1 fully saturated rings. The number of nitrogens with zero attached hydrogens (tertiary/aromatic N) is 4. The predicted molar refractivity (Wildman–Crippen MR) is 79.8 cm³/mol. The maximum absolute atomic E-state index is 4.64. The fourth-order valence-electron chi connectivity index (χ4n) is 2.94. The van der Waals surface area contributed by atoms with Crippen molar-refractivity contribution in [3.63, 3.8) is 0 Å². The number of imidazole rings is 1. The number of nitrogens with one attached hydrogen (secondary N) is 1. The van der Waals surface area contributed by atoms with Crippen LogP contribution in [0.2, 0.25) is 0 Å². The number of anilines is 1. The molecule has 0 aromatic carbocycles. The van der Waals surface area contributed by atoms with Crippen LogP contribution in [0, 0.1) is 6.92 Å². The molecule has 0 bridgehead atoms. The lowest BCUT2D eigenvalue weighted by Crippen LogP contribution is -2.24. The van der Waals surface area contributed by atoms with Gasteiger partial charge in [0.15, 0.2) is 0 Å². The Kier molecular flexibility index (Phi) is 3.76. The van der Waals surface area contributed by atoms with Crippen LogP contribution in [0.25, 0.3) is 0 Å². The monoisotopic (exact) mass is 273 g/mol. The van der Waals surface area contributed by atoms with E-state index in [0.29, 0.717) is 6.04 Å². The fraction of sp³-hybridized carbons (Fsp3) is 0.600. The first-order valence-corrected chi connectivity index (χ1v) is 7.49. The second-order valence-corrected chi connectivity index (χ2v) is 5.76. The lowest BCUT2D eigenvalue weighted by molar-refractivity contribution is 0.459. The van der Waals surface area contributed by atoms with Gasteiger partial charge in [-0.15, -0.1) is 0 Å². The standard InChI is InChI=1S/C15H23N5/c1-12-10-20(11-14-8-9-16-19(14)2)15(17-12)18-13-6-4-3-5-7-13/h8-10,13H,3-7,11H2,1-2H3,(H,17,18). The van der Waals surface area contributed by atoms with Gasteiger partial charge in [-0.05, 0) is 25.8 Å². The third kappa shape index (κ3) is 2.86. The van der Waals surface area contributed by atoms with Crippen LogP contribution in [0.4, 0.5) is 5.95 Å². The van der Waals surface area contributed by atoms with E-state index < -0.39 is 0 Å². The van der Waals surface area contributed by atoms with Crippen LogP contribution < -0.4 is 5.32 Å². The Hall–Kier alpha value is -1.78. The summed E-state index contributed by atoms with van der Waals surface area (Å²) < 4.78 is 4.11. The number of hydrogen-bond acceptors (Lipinski definition) is 3. The van der Waals surface area contributed by atoms with Gasteiger partial charge in [0, 0.05) is 25.5 Å². The minimum atomic E-state index is 0.579. The highest BCUT2D eigenvalue weighted by molar-refractivity contribution is 5.31. The molecule has 20 heavy (non-hydrogen) atoms. The van der Waals surface area contributed by atoms with Crippen molar-refractivity contribution in [3.8, 4) is 0 Å².